The second-order valence-electron chi connectivity index (χ2n) is 5.07. The summed E-state index contributed by atoms with van der Waals surface area (Å²) in [5.74, 6) is -0.486. The predicted octanol–water partition coefficient (Wildman–Crippen LogP) is 0.363. The number of aromatic nitrogens is 3. The lowest BCUT2D eigenvalue weighted by Crippen LogP contribution is -2.44. The molecule has 1 aliphatic heterocycles. The molecule has 1 saturated heterocycles. The topological polar surface area (TPSA) is 117 Å². The summed E-state index contributed by atoms with van der Waals surface area (Å²) in [7, 11) is -3.57. The molecule has 2 heterocycles. The fraction of sp³-hybridized carbons (Fsp3) is 0.750. The summed E-state index contributed by atoms with van der Waals surface area (Å²) in [5.41, 5.74) is 0. The zero-order valence-corrected chi connectivity index (χ0v) is 13.5. The van der Waals surface area contributed by atoms with Crippen LogP contribution in [0, 0.1) is 0 Å². The van der Waals surface area contributed by atoms with Crippen LogP contribution in [-0.4, -0.2) is 53.6 Å². The Kier molecular flexibility index (Phi) is 5.48. The number of piperidine rings is 1. The van der Waals surface area contributed by atoms with Crippen molar-refractivity contribution in [2.24, 2.45) is 0 Å². The molecule has 0 aliphatic carbocycles. The van der Waals surface area contributed by atoms with E-state index in [2.05, 4.69) is 19.9 Å². The largest absolute Gasteiger partial charge is 0.460 e. The average Bonchev–Trinajstić information content (AvgIpc) is 2.98. The van der Waals surface area contributed by atoms with Crippen LogP contribution in [0.4, 0.5) is 0 Å². The van der Waals surface area contributed by atoms with Crippen LogP contribution < -0.4 is 4.72 Å². The molecular weight excluding hydrogens is 310 g/mol. The Morgan fingerprint density at radius 1 is 1.41 bits per heavy atom. The van der Waals surface area contributed by atoms with Crippen molar-refractivity contribution < 1.29 is 17.9 Å². The van der Waals surface area contributed by atoms with Crippen LogP contribution in [0.3, 0.4) is 0 Å². The number of carbonyl (C=O) groups is 1. The van der Waals surface area contributed by atoms with Gasteiger partial charge in [0.15, 0.2) is 0 Å². The van der Waals surface area contributed by atoms with Crippen molar-refractivity contribution in [3.05, 3.63) is 11.6 Å². The molecule has 2 N–H and O–H groups in total. The van der Waals surface area contributed by atoms with Crippen molar-refractivity contribution >= 4 is 16.2 Å². The molecule has 0 amide bonds. The highest BCUT2D eigenvalue weighted by Crippen LogP contribution is 2.15. The quantitative estimate of drug-likeness (QED) is 0.727. The fourth-order valence-corrected chi connectivity index (χ4v) is 3.66. The molecule has 10 heteroatoms. The Hall–Kier alpha value is -1.52. The maximum absolute atomic E-state index is 12.3. The van der Waals surface area contributed by atoms with Crippen LogP contribution in [-0.2, 0) is 14.9 Å². The standard InChI is InChI=1S/C12H21N5O4S/c1-3-21-12(18)11-13-10(14-15-11)9(2)16-22(19,20)17-7-5-4-6-8-17/h9,16H,3-8H2,1-2H3,(H,13,14,15). The van der Waals surface area contributed by atoms with Crippen LogP contribution in [0.2, 0.25) is 0 Å². The van der Waals surface area contributed by atoms with Crippen LogP contribution in [0.15, 0.2) is 0 Å². The Morgan fingerprint density at radius 3 is 2.73 bits per heavy atom. The van der Waals surface area contributed by atoms with Crippen molar-refractivity contribution in [3.63, 3.8) is 0 Å². The Labute approximate surface area is 129 Å². The van der Waals surface area contributed by atoms with Gasteiger partial charge in [-0.15, -0.1) is 5.10 Å². The SMILES string of the molecule is CCOC(=O)c1n[nH]c(C(C)NS(=O)(=O)N2CCCCC2)n1. The molecule has 9 nitrogen and oxygen atoms in total. The first kappa shape index (κ1) is 16.8. The maximum Gasteiger partial charge on any atom is 0.378 e. The summed E-state index contributed by atoms with van der Waals surface area (Å²) in [6.07, 6.45) is 2.78. The molecule has 22 heavy (non-hydrogen) atoms. The number of H-pyrrole nitrogens is 1. The molecule has 1 unspecified atom stereocenters. The number of nitrogens with zero attached hydrogens (tertiary/aromatic N) is 3. The summed E-state index contributed by atoms with van der Waals surface area (Å²) in [4.78, 5) is 15.5. The van der Waals surface area contributed by atoms with Gasteiger partial charge in [-0.3, -0.25) is 5.10 Å². The highest BCUT2D eigenvalue weighted by Gasteiger charge is 2.27. The van der Waals surface area contributed by atoms with Gasteiger partial charge in [0.25, 0.3) is 16.0 Å². The first-order valence-corrected chi connectivity index (χ1v) is 8.75. The summed E-state index contributed by atoms with van der Waals surface area (Å²) in [5, 5.41) is 6.30. The van der Waals surface area contributed by atoms with E-state index in [1.54, 1.807) is 13.8 Å². The van der Waals surface area contributed by atoms with E-state index in [1.165, 1.54) is 4.31 Å². The highest BCUT2D eigenvalue weighted by molar-refractivity contribution is 7.87. The second-order valence-corrected chi connectivity index (χ2v) is 6.77. The lowest BCUT2D eigenvalue weighted by molar-refractivity contribution is 0.0512. The van der Waals surface area contributed by atoms with Gasteiger partial charge in [0.1, 0.15) is 5.82 Å². The molecule has 1 aromatic rings. The highest BCUT2D eigenvalue weighted by atomic mass is 32.2. The minimum Gasteiger partial charge on any atom is -0.460 e. The molecule has 1 atom stereocenters. The molecule has 0 radical (unpaired) electrons. The van der Waals surface area contributed by atoms with Crippen LogP contribution in [0.25, 0.3) is 0 Å². The molecule has 1 fully saturated rings. The molecule has 0 aromatic carbocycles. The summed E-state index contributed by atoms with van der Waals surface area (Å²) in [6, 6.07) is -0.623. The maximum atomic E-state index is 12.3. The predicted molar refractivity (Wildman–Crippen MR) is 78.2 cm³/mol. The molecule has 2 rings (SSSR count). The number of hydrogen-bond donors (Lipinski definition) is 2. The van der Waals surface area contributed by atoms with Crippen LogP contribution >= 0.6 is 0 Å². The first-order valence-electron chi connectivity index (χ1n) is 7.31. The zero-order valence-electron chi connectivity index (χ0n) is 12.7. The lowest BCUT2D eigenvalue weighted by Gasteiger charge is -2.27. The third kappa shape index (κ3) is 4.02. The average molecular weight is 331 g/mol. The smallest absolute Gasteiger partial charge is 0.378 e. The molecule has 0 saturated carbocycles. The van der Waals surface area contributed by atoms with Crippen molar-refractivity contribution in [2.45, 2.75) is 39.2 Å². The normalized spacial score (nSPS) is 18.1. The van der Waals surface area contributed by atoms with Gasteiger partial charge in [-0.1, -0.05) is 6.42 Å². The summed E-state index contributed by atoms with van der Waals surface area (Å²) in [6.45, 7) is 4.58. The van der Waals surface area contributed by atoms with E-state index in [4.69, 9.17) is 4.74 Å². The third-order valence-corrected chi connectivity index (χ3v) is 5.05. The number of esters is 1. The first-order chi connectivity index (χ1) is 10.4. The summed E-state index contributed by atoms with van der Waals surface area (Å²) >= 11 is 0. The van der Waals surface area contributed by atoms with Gasteiger partial charge in [0, 0.05) is 13.1 Å². The van der Waals surface area contributed by atoms with Crippen molar-refractivity contribution in [3.8, 4) is 0 Å². The Bertz CT molecular complexity index is 609. The fourth-order valence-electron chi connectivity index (χ4n) is 2.21. The van der Waals surface area contributed by atoms with E-state index >= 15 is 0 Å². The van der Waals surface area contributed by atoms with Crippen molar-refractivity contribution in [2.75, 3.05) is 19.7 Å². The number of hydrogen-bond acceptors (Lipinski definition) is 6. The van der Waals surface area contributed by atoms with Crippen LogP contribution in [0.5, 0.6) is 0 Å². The van der Waals surface area contributed by atoms with Gasteiger partial charge in [-0.05, 0) is 26.7 Å². The minimum absolute atomic E-state index is 0.110. The van der Waals surface area contributed by atoms with Crippen molar-refractivity contribution in [1.82, 2.24) is 24.2 Å². The Morgan fingerprint density at radius 2 is 2.09 bits per heavy atom. The van der Waals surface area contributed by atoms with Gasteiger partial charge in [0.2, 0.25) is 0 Å². The number of nitrogens with one attached hydrogen (secondary N) is 2. The Balaban J connectivity index is 2.02. The second kappa shape index (κ2) is 7.16. The van der Waals surface area contributed by atoms with Gasteiger partial charge in [0.05, 0.1) is 12.6 Å². The van der Waals surface area contributed by atoms with E-state index in [9.17, 15) is 13.2 Å². The van der Waals surface area contributed by atoms with E-state index < -0.39 is 22.2 Å². The number of carbonyl (C=O) groups excluding carboxylic acids is 1. The molecule has 1 aromatic heterocycles. The van der Waals surface area contributed by atoms with E-state index in [-0.39, 0.29) is 18.3 Å². The number of rotatable bonds is 6. The van der Waals surface area contributed by atoms with Gasteiger partial charge < -0.3 is 4.74 Å². The van der Waals surface area contributed by atoms with E-state index in [0.29, 0.717) is 13.1 Å². The van der Waals surface area contributed by atoms with Crippen molar-refractivity contribution in [1.29, 1.82) is 0 Å². The molecule has 0 spiro atoms. The third-order valence-electron chi connectivity index (χ3n) is 3.35. The summed E-state index contributed by atoms with van der Waals surface area (Å²) < 4.78 is 33.3. The van der Waals surface area contributed by atoms with E-state index in [0.717, 1.165) is 19.3 Å². The lowest BCUT2D eigenvalue weighted by atomic mass is 10.2. The molecule has 1 aliphatic rings. The molecule has 124 valence electrons. The van der Waals surface area contributed by atoms with Gasteiger partial charge >= 0.3 is 5.97 Å². The monoisotopic (exact) mass is 331 g/mol. The van der Waals surface area contributed by atoms with Crippen LogP contribution in [0.1, 0.15) is 55.6 Å². The minimum atomic E-state index is -3.57. The number of ether oxygens (including phenoxy) is 1. The van der Waals surface area contributed by atoms with Gasteiger partial charge in [-0.25, -0.2) is 9.78 Å². The number of aromatic amines is 1. The zero-order chi connectivity index (χ0) is 16.2. The van der Waals surface area contributed by atoms with E-state index in [1.807, 2.05) is 0 Å². The molecular formula is C12H21N5O4S. The molecule has 0 bridgehead atoms. The van der Waals surface area contributed by atoms with Gasteiger partial charge in [-0.2, -0.15) is 17.4 Å².